The lowest BCUT2D eigenvalue weighted by Crippen LogP contribution is -2.41. The van der Waals surface area contributed by atoms with Crippen molar-refractivity contribution in [1.29, 1.82) is 0 Å². The number of anilines is 1. The summed E-state index contributed by atoms with van der Waals surface area (Å²) in [5.41, 5.74) is 2.94. The molecule has 1 aliphatic rings. The maximum atomic E-state index is 13.9. The molecule has 0 bridgehead atoms. The van der Waals surface area contributed by atoms with Crippen molar-refractivity contribution in [2.75, 3.05) is 38.3 Å². The molecule has 0 unspecified atom stereocenters. The SMILES string of the molecule is COc1ccc(S(=O)(=O)N(CC(=O)N[C@@H](C)c2ccc3c(c2)OCCO3)c2cc(C)cc(C)c2)cc1OC. The monoisotopic (exact) mass is 540 g/mol. The van der Waals surface area contributed by atoms with Crippen LogP contribution in [0, 0.1) is 13.8 Å². The number of fused-ring (bicyclic) bond motifs is 1. The molecule has 3 aromatic carbocycles. The second-order valence-electron chi connectivity index (χ2n) is 9.07. The van der Waals surface area contributed by atoms with Gasteiger partial charge in [0, 0.05) is 6.07 Å². The van der Waals surface area contributed by atoms with Gasteiger partial charge in [-0.3, -0.25) is 9.10 Å². The Bertz CT molecular complexity index is 1420. The number of methoxy groups -OCH3 is 2. The molecule has 0 spiro atoms. The molecule has 1 N–H and O–H groups in total. The molecule has 1 atom stereocenters. The number of hydrogen-bond donors (Lipinski definition) is 1. The number of nitrogens with zero attached hydrogens (tertiary/aromatic N) is 1. The third-order valence-corrected chi connectivity index (χ3v) is 7.94. The summed E-state index contributed by atoms with van der Waals surface area (Å²) in [6, 6.07) is 14.8. The van der Waals surface area contributed by atoms with Crippen molar-refractivity contribution >= 4 is 21.6 Å². The average molecular weight is 541 g/mol. The summed E-state index contributed by atoms with van der Waals surface area (Å²) in [7, 11) is -1.25. The van der Waals surface area contributed by atoms with Crippen molar-refractivity contribution in [3.05, 3.63) is 71.3 Å². The molecule has 0 saturated heterocycles. The predicted octanol–water partition coefficient (Wildman–Crippen LogP) is 4.16. The van der Waals surface area contributed by atoms with Crippen LogP contribution in [0.25, 0.3) is 0 Å². The van der Waals surface area contributed by atoms with Gasteiger partial charge in [-0.2, -0.15) is 0 Å². The Morgan fingerprint density at radius 1 is 0.921 bits per heavy atom. The molecule has 3 aromatic rings. The topological polar surface area (TPSA) is 103 Å². The highest BCUT2D eigenvalue weighted by atomic mass is 32.2. The van der Waals surface area contributed by atoms with Crippen LogP contribution in [0.15, 0.2) is 59.5 Å². The van der Waals surface area contributed by atoms with E-state index in [9.17, 15) is 13.2 Å². The van der Waals surface area contributed by atoms with Gasteiger partial charge in [-0.15, -0.1) is 0 Å². The highest BCUT2D eigenvalue weighted by molar-refractivity contribution is 7.92. The summed E-state index contributed by atoms with van der Waals surface area (Å²) < 4.78 is 50.7. The fourth-order valence-corrected chi connectivity index (χ4v) is 5.76. The van der Waals surface area contributed by atoms with Crippen molar-refractivity contribution in [2.45, 2.75) is 31.7 Å². The number of nitrogens with one attached hydrogen (secondary N) is 1. The van der Waals surface area contributed by atoms with Crippen LogP contribution in [0.2, 0.25) is 0 Å². The first-order valence-corrected chi connectivity index (χ1v) is 13.6. The molecule has 4 rings (SSSR count). The Morgan fingerprint density at radius 2 is 1.58 bits per heavy atom. The fraction of sp³-hybridized carbons (Fsp3) is 0.321. The van der Waals surface area contributed by atoms with Crippen LogP contribution in [-0.2, 0) is 14.8 Å². The maximum absolute atomic E-state index is 13.9. The van der Waals surface area contributed by atoms with E-state index in [1.807, 2.05) is 39.0 Å². The van der Waals surface area contributed by atoms with Crippen molar-refractivity contribution in [2.24, 2.45) is 0 Å². The summed E-state index contributed by atoms with van der Waals surface area (Å²) in [6.07, 6.45) is 0. The minimum atomic E-state index is -4.15. The number of sulfonamides is 1. The number of aryl methyl sites for hydroxylation is 2. The van der Waals surface area contributed by atoms with E-state index >= 15 is 0 Å². The zero-order valence-electron chi connectivity index (χ0n) is 22.1. The summed E-state index contributed by atoms with van der Waals surface area (Å²) in [4.78, 5) is 13.2. The molecule has 9 nitrogen and oxygen atoms in total. The Kier molecular flexibility index (Phi) is 8.01. The first kappa shape index (κ1) is 27.1. The zero-order valence-corrected chi connectivity index (χ0v) is 22.9. The molecule has 1 aliphatic heterocycles. The summed E-state index contributed by atoms with van der Waals surface area (Å²) in [5, 5.41) is 2.91. The predicted molar refractivity (Wildman–Crippen MR) is 144 cm³/mol. The van der Waals surface area contributed by atoms with Gasteiger partial charge in [0.2, 0.25) is 5.91 Å². The van der Waals surface area contributed by atoms with E-state index in [2.05, 4.69) is 5.32 Å². The van der Waals surface area contributed by atoms with Gasteiger partial charge >= 0.3 is 0 Å². The van der Waals surface area contributed by atoms with Gasteiger partial charge in [-0.05, 0) is 73.9 Å². The number of carbonyl (C=O) groups is 1. The first-order chi connectivity index (χ1) is 18.1. The fourth-order valence-electron chi connectivity index (χ4n) is 4.34. The molecule has 0 radical (unpaired) electrons. The largest absolute Gasteiger partial charge is 0.493 e. The Labute approximate surface area is 223 Å². The number of hydrogen-bond acceptors (Lipinski definition) is 7. The number of ether oxygens (including phenoxy) is 4. The standard InChI is InChI=1S/C28H32N2O7S/c1-18-12-19(2)14-22(13-18)30(38(32,33)23-7-9-24(34-4)26(16-23)35-5)17-28(31)29-20(3)21-6-8-25-27(15-21)37-11-10-36-25/h6-9,12-16,20H,10-11,17H2,1-5H3,(H,29,31)/t20-/m0/s1. The first-order valence-electron chi connectivity index (χ1n) is 12.1. The summed E-state index contributed by atoms with van der Waals surface area (Å²) in [5.74, 6) is 1.47. The van der Waals surface area contributed by atoms with Gasteiger partial charge in [0.1, 0.15) is 19.8 Å². The lowest BCUT2D eigenvalue weighted by Gasteiger charge is -2.26. The van der Waals surface area contributed by atoms with Gasteiger partial charge in [0.05, 0.1) is 30.8 Å². The molecular formula is C28H32N2O7S. The Hall–Kier alpha value is -3.92. The van der Waals surface area contributed by atoms with Crippen LogP contribution in [0.3, 0.4) is 0 Å². The number of amides is 1. The normalized spacial score (nSPS) is 13.4. The van der Waals surface area contributed by atoms with Crippen molar-refractivity contribution in [3.63, 3.8) is 0 Å². The molecule has 0 fully saturated rings. The van der Waals surface area contributed by atoms with E-state index < -0.39 is 28.5 Å². The van der Waals surface area contributed by atoms with E-state index in [0.29, 0.717) is 36.1 Å². The number of carbonyl (C=O) groups excluding carboxylic acids is 1. The number of benzene rings is 3. The summed E-state index contributed by atoms with van der Waals surface area (Å²) in [6.45, 7) is 6.10. The third-order valence-electron chi connectivity index (χ3n) is 6.17. The van der Waals surface area contributed by atoms with E-state index in [1.165, 1.54) is 32.4 Å². The maximum Gasteiger partial charge on any atom is 0.264 e. The molecule has 0 aromatic heterocycles. The minimum absolute atomic E-state index is 0.0259. The number of rotatable bonds is 9. The van der Waals surface area contributed by atoms with E-state index in [1.54, 1.807) is 18.2 Å². The van der Waals surface area contributed by atoms with Gasteiger partial charge in [-0.25, -0.2) is 8.42 Å². The summed E-state index contributed by atoms with van der Waals surface area (Å²) >= 11 is 0. The van der Waals surface area contributed by atoms with Gasteiger partial charge in [-0.1, -0.05) is 12.1 Å². The van der Waals surface area contributed by atoms with Crippen LogP contribution >= 0.6 is 0 Å². The van der Waals surface area contributed by atoms with E-state index in [4.69, 9.17) is 18.9 Å². The minimum Gasteiger partial charge on any atom is -0.493 e. The van der Waals surface area contributed by atoms with Gasteiger partial charge in [0.15, 0.2) is 23.0 Å². The highest BCUT2D eigenvalue weighted by Gasteiger charge is 2.29. The molecule has 10 heteroatoms. The van der Waals surface area contributed by atoms with E-state index in [0.717, 1.165) is 21.0 Å². The molecule has 38 heavy (non-hydrogen) atoms. The Balaban J connectivity index is 1.64. The molecule has 0 aliphatic carbocycles. The second-order valence-corrected chi connectivity index (χ2v) is 10.9. The highest BCUT2D eigenvalue weighted by Crippen LogP contribution is 2.34. The van der Waals surface area contributed by atoms with Gasteiger partial charge in [0.25, 0.3) is 10.0 Å². The van der Waals surface area contributed by atoms with Gasteiger partial charge < -0.3 is 24.3 Å². The van der Waals surface area contributed by atoms with Crippen LogP contribution in [0.1, 0.15) is 29.7 Å². The molecular weight excluding hydrogens is 508 g/mol. The van der Waals surface area contributed by atoms with Crippen LogP contribution < -0.4 is 28.6 Å². The molecule has 0 saturated carbocycles. The third kappa shape index (κ3) is 5.80. The van der Waals surface area contributed by atoms with Crippen molar-refractivity contribution in [1.82, 2.24) is 5.32 Å². The van der Waals surface area contributed by atoms with Crippen LogP contribution in [-0.4, -0.2) is 48.3 Å². The molecule has 1 heterocycles. The average Bonchev–Trinajstić information content (AvgIpc) is 2.90. The lowest BCUT2D eigenvalue weighted by atomic mass is 10.1. The quantitative estimate of drug-likeness (QED) is 0.435. The second kappa shape index (κ2) is 11.2. The zero-order chi connectivity index (χ0) is 27.4. The Morgan fingerprint density at radius 3 is 2.24 bits per heavy atom. The molecule has 202 valence electrons. The van der Waals surface area contributed by atoms with E-state index in [-0.39, 0.29) is 10.6 Å². The van der Waals surface area contributed by atoms with Crippen LogP contribution in [0.4, 0.5) is 5.69 Å². The molecule has 1 amide bonds. The lowest BCUT2D eigenvalue weighted by molar-refractivity contribution is -0.120. The smallest absolute Gasteiger partial charge is 0.264 e. The van der Waals surface area contributed by atoms with Crippen molar-refractivity contribution in [3.8, 4) is 23.0 Å². The van der Waals surface area contributed by atoms with Crippen LogP contribution in [0.5, 0.6) is 23.0 Å². The van der Waals surface area contributed by atoms with Crippen molar-refractivity contribution < 1.29 is 32.2 Å².